The molecule has 1 aliphatic rings. The Morgan fingerprint density at radius 2 is 2.29 bits per heavy atom. The second kappa shape index (κ2) is 6.67. The zero-order valence-corrected chi connectivity index (χ0v) is 14.7. The summed E-state index contributed by atoms with van der Waals surface area (Å²) in [5.74, 6) is 0.745. The summed E-state index contributed by atoms with van der Waals surface area (Å²) in [5, 5.41) is 8.81. The predicted octanol–water partition coefficient (Wildman–Crippen LogP) is 3.23. The second-order valence-corrected chi connectivity index (χ2v) is 7.10. The van der Waals surface area contributed by atoms with Crippen molar-refractivity contribution >= 4 is 11.6 Å². The lowest BCUT2D eigenvalue weighted by atomic mass is 9.70. The van der Waals surface area contributed by atoms with Gasteiger partial charge in [0.05, 0.1) is 23.0 Å². The van der Waals surface area contributed by atoms with E-state index in [0.717, 1.165) is 23.2 Å². The molecule has 0 radical (unpaired) electrons. The van der Waals surface area contributed by atoms with Crippen molar-refractivity contribution in [3.8, 4) is 0 Å². The summed E-state index contributed by atoms with van der Waals surface area (Å²) < 4.78 is 1.93. The first kappa shape index (κ1) is 16.8. The van der Waals surface area contributed by atoms with E-state index in [-0.39, 0.29) is 11.6 Å². The van der Waals surface area contributed by atoms with Crippen LogP contribution in [0.3, 0.4) is 0 Å². The summed E-state index contributed by atoms with van der Waals surface area (Å²) in [4.78, 5) is 2.40. The molecule has 0 aliphatic heterocycles. The Labute approximate surface area is 133 Å². The summed E-state index contributed by atoms with van der Waals surface area (Å²) in [6.45, 7) is 5.45. The van der Waals surface area contributed by atoms with Crippen molar-refractivity contribution in [1.82, 2.24) is 20.0 Å². The van der Waals surface area contributed by atoms with Crippen molar-refractivity contribution in [2.75, 3.05) is 20.6 Å². The highest BCUT2D eigenvalue weighted by Gasteiger charge is 2.45. The van der Waals surface area contributed by atoms with E-state index in [2.05, 4.69) is 43.3 Å². The number of halogens is 1. The van der Waals surface area contributed by atoms with Gasteiger partial charge in [0.25, 0.3) is 0 Å². The Morgan fingerprint density at radius 1 is 1.57 bits per heavy atom. The van der Waals surface area contributed by atoms with Crippen LogP contribution in [0.5, 0.6) is 0 Å². The van der Waals surface area contributed by atoms with E-state index in [1.807, 2.05) is 11.7 Å². The van der Waals surface area contributed by atoms with Crippen LogP contribution in [0, 0.1) is 5.92 Å². The van der Waals surface area contributed by atoms with Crippen molar-refractivity contribution in [2.45, 2.75) is 51.1 Å². The van der Waals surface area contributed by atoms with Gasteiger partial charge in [0.2, 0.25) is 0 Å². The van der Waals surface area contributed by atoms with Crippen LogP contribution in [-0.2, 0) is 7.05 Å². The molecule has 5 heteroatoms. The van der Waals surface area contributed by atoms with Crippen molar-refractivity contribution in [1.29, 1.82) is 0 Å². The molecule has 3 unspecified atom stereocenters. The third-order valence-electron chi connectivity index (χ3n) is 5.06. The average Bonchev–Trinajstić information content (AvgIpc) is 2.75. The van der Waals surface area contributed by atoms with E-state index in [0.29, 0.717) is 0 Å². The smallest absolute Gasteiger partial charge is 0.0834 e. The Morgan fingerprint density at radius 3 is 2.76 bits per heavy atom. The first-order valence-electron chi connectivity index (χ1n) is 8.00. The average molecular weight is 313 g/mol. The fourth-order valence-electron chi connectivity index (χ4n) is 3.98. The van der Waals surface area contributed by atoms with Gasteiger partial charge in [-0.25, -0.2) is 0 Å². The van der Waals surface area contributed by atoms with Crippen LogP contribution in [0.25, 0.3) is 0 Å². The molecule has 1 N–H and O–H groups in total. The third-order valence-corrected chi connectivity index (χ3v) is 5.35. The predicted molar refractivity (Wildman–Crippen MR) is 88.7 cm³/mol. The molecule has 1 aromatic heterocycles. The van der Waals surface area contributed by atoms with E-state index in [1.54, 1.807) is 6.20 Å². The van der Waals surface area contributed by atoms with Gasteiger partial charge in [-0.05, 0) is 39.4 Å². The number of nitrogens with zero attached hydrogens (tertiary/aromatic N) is 3. The minimum absolute atomic E-state index is 0.102. The largest absolute Gasteiger partial charge is 0.307 e. The minimum atomic E-state index is 0.102. The van der Waals surface area contributed by atoms with Gasteiger partial charge in [0, 0.05) is 12.6 Å². The van der Waals surface area contributed by atoms with Gasteiger partial charge in [-0.3, -0.25) is 4.68 Å². The highest BCUT2D eigenvalue weighted by atomic mass is 35.5. The van der Waals surface area contributed by atoms with Gasteiger partial charge in [-0.1, -0.05) is 38.3 Å². The Balaban J connectivity index is 2.47. The third kappa shape index (κ3) is 3.13. The van der Waals surface area contributed by atoms with E-state index in [4.69, 9.17) is 11.6 Å². The van der Waals surface area contributed by atoms with Crippen LogP contribution < -0.4 is 5.32 Å². The normalized spacial score (nSPS) is 28.0. The highest BCUT2D eigenvalue weighted by molar-refractivity contribution is 6.31. The van der Waals surface area contributed by atoms with E-state index in [1.165, 1.54) is 25.7 Å². The summed E-state index contributed by atoms with van der Waals surface area (Å²) in [5.41, 5.74) is 1.21. The van der Waals surface area contributed by atoms with Gasteiger partial charge < -0.3 is 10.2 Å². The molecule has 1 aliphatic carbocycles. The fourth-order valence-corrected chi connectivity index (χ4v) is 4.26. The molecular formula is C16H29ClN4. The summed E-state index contributed by atoms with van der Waals surface area (Å²) in [6, 6.07) is 0.209. The van der Waals surface area contributed by atoms with E-state index >= 15 is 0 Å². The van der Waals surface area contributed by atoms with Crippen LogP contribution in [-0.4, -0.2) is 40.9 Å². The molecule has 1 heterocycles. The molecule has 0 aromatic carbocycles. The van der Waals surface area contributed by atoms with E-state index < -0.39 is 0 Å². The molecule has 1 fully saturated rings. The van der Waals surface area contributed by atoms with Crippen LogP contribution in [0.15, 0.2) is 6.20 Å². The number of hydrogen-bond acceptors (Lipinski definition) is 3. The monoisotopic (exact) mass is 312 g/mol. The lowest BCUT2D eigenvalue weighted by Crippen LogP contribution is -2.56. The second-order valence-electron chi connectivity index (χ2n) is 6.69. The molecule has 4 nitrogen and oxygen atoms in total. The number of hydrogen-bond donors (Lipinski definition) is 1. The van der Waals surface area contributed by atoms with Crippen molar-refractivity contribution in [2.24, 2.45) is 13.0 Å². The molecule has 1 saturated carbocycles. The van der Waals surface area contributed by atoms with Gasteiger partial charge in [-0.2, -0.15) is 5.10 Å². The zero-order valence-electron chi connectivity index (χ0n) is 14.0. The summed E-state index contributed by atoms with van der Waals surface area (Å²) >= 11 is 6.46. The molecule has 0 bridgehead atoms. The maximum atomic E-state index is 6.46. The molecule has 120 valence electrons. The van der Waals surface area contributed by atoms with Gasteiger partial charge in [0.1, 0.15) is 0 Å². The quantitative estimate of drug-likeness (QED) is 0.906. The number of aromatic nitrogens is 2. The van der Waals surface area contributed by atoms with Crippen LogP contribution >= 0.6 is 11.6 Å². The standard InChI is InChI=1S/C16H29ClN4/c1-6-18-15(14-13(17)11-19-21(14)5)16(20(3)4)9-7-8-12(2)10-16/h11-12,15,18H,6-10H2,1-5H3. The maximum Gasteiger partial charge on any atom is 0.0834 e. The first-order chi connectivity index (χ1) is 9.92. The van der Waals surface area contributed by atoms with E-state index in [9.17, 15) is 0 Å². The van der Waals surface area contributed by atoms with Crippen molar-refractivity contribution < 1.29 is 0 Å². The van der Waals surface area contributed by atoms with Crippen molar-refractivity contribution in [3.63, 3.8) is 0 Å². The van der Waals surface area contributed by atoms with Gasteiger partial charge in [0.15, 0.2) is 0 Å². The van der Waals surface area contributed by atoms with Gasteiger partial charge >= 0.3 is 0 Å². The Hall–Kier alpha value is -0.580. The SMILES string of the molecule is CCNC(c1c(Cl)cnn1C)C1(N(C)C)CCCC(C)C1. The summed E-state index contributed by atoms with van der Waals surface area (Å²) in [6.07, 6.45) is 6.75. The topological polar surface area (TPSA) is 33.1 Å². The zero-order chi connectivity index (χ0) is 15.6. The lowest BCUT2D eigenvalue weighted by molar-refractivity contribution is 0.0345. The van der Waals surface area contributed by atoms with Crippen LogP contribution in [0.2, 0.25) is 5.02 Å². The molecule has 3 atom stereocenters. The molecule has 2 rings (SSSR count). The Bertz CT molecular complexity index is 451. The number of nitrogens with one attached hydrogen (secondary N) is 1. The minimum Gasteiger partial charge on any atom is -0.307 e. The van der Waals surface area contributed by atoms with Crippen LogP contribution in [0.4, 0.5) is 0 Å². The number of likely N-dealkylation sites (N-methyl/N-ethyl adjacent to an activating group) is 2. The molecule has 0 spiro atoms. The molecule has 1 aromatic rings. The van der Waals surface area contributed by atoms with Gasteiger partial charge in [-0.15, -0.1) is 0 Å². The first-order valence-corrected chi connectivity index (χ1v) is 8.38. The highest BCUT2D eigenvalue weighted by Crippen LogP contribution is 2.45. The molecular weight excluding hydrogens is 284 g/mol. The summed E-state index contributed by atoms with van der Waals surface area (Å²) in [7, 11) is 6.39. The maximum absolute atomic E-state index is 6.46. The van der Waals surface area contributed by atoms with Crippen LogP contribution in [0.1, 0.15) is 51.3 Å². The number of aryl methyl sites for hydroxylation is 1. The van der Waals surface area contributed by atoms with Crippen molar-refractivity contribution in [3.05, 3.63) is 16.9 Å². The lowest BCUT2D eigenvalue weighted by Gasteiger charge is -2.50. The number of rotatable bonds is 5. The molecule has 0 amide bonds. The molecule has 21 heavy (non-hydrogen) atoms. The fraction of sp³-hybridized carbons (Fsp3) is 0.812. The molecule has 0 saturated heterocycles. The Kier molecular flexibility index (Phi) is 5.33.